The van der Waals surface area contributed by atoms with Crippen molar-refractivity contribution in [1.82, 2.24) is 4.90 Å². The van der Waals surface area contributed by atoms with Crippen molar-refractivity contribution in [2.45, 2.75) is 39.4 Å². The Morgan fingerprint density at radius 1 is 0.684 bits per heavy atom. The SMILES string of the molecule is CC(C)(C)[N+](Cc1ccccc1)Cc1ccccc1. The highest BCUT2D eigenvalue weighted by atomic mass is 15.2. The molecule has 0 aromatic heterocycles. The van der Waals surface area contributed by atoms with Crippen LogP contribution in [-0.4, -0.2) is 5.54 Å². The van der Waals surface area contributed by atoms with E-state index in [4.69, 9.17) is 0 Å². The summed E-state index contributed by atoms with van der Waals surface area (Å²) in [6.45, 7) is 8.80. The van der Waals surface area contributed by atoms with Crippen molar-refractivity contribution in [3.63, 3.8) is 0 Å². The van der Waals surface area contributed by atoms with Gasteiger partial charge in [-0.05, 0) is 20.8 Å². The van der Waals surface area contributed by atoms with E-state index in [-0.39, 0.29) is 5.54 Å². The van der Waals surface area contributed by atoms with Gasteiger partial charge < -0.3 is 0 Å². The average Bonchev–Trinajstić information content (AvgIpc) is 2.39. The van der Waals surface area contributed by atoms with Crippen LogP contribution in [0.15, 0.2) is 60.7 Å². The summed E-state index contributed by atoms with van der Waals surface area (Å²) in [5, 5.41) is 0. The number of benzene rings is 2. The molecule has 1 nitrogen and oxygen atoms in total. The Balaban J connectivity index is 2.13. The maximum absolute atomic E-state index is 2.51. The first-order chi connectivity index (χ1) is 9.05. The van der Waals surface area contributed by atoms with Gasteiger partial charge in [-0.1, -0.05) is 60.7 Å². The first kappa shape index (κ1) is 13.8. The van der Waals surface area contributed by atoms with Gasteiger partial charge in [-0.3, -0.25) is 0 Å². The predicted molar refractivity (Wildman–Crippen MR) is 82.2 cm³/mol. The molecule has 2 aromatic rings. The van der Waals surface area contributed by atoms with Crippen LogP contribution in [0.3, 0.4) is 0 Å². The highest BCUT2D eigenvalue weighted by Gasteiger charge is 2.31. The van der Waals surface area contributed by atoms with Gasteiger partial charge in [-0.15, -0.1) is 0 Å². The van der Waals surface area contributed by atoms with Crippen molar-refractivity contribution in [3.8, 4) is 0 Å². The van der Waals surface area contributed by atoms with Gasteiger partial charge in [0, 0.05) is 11.1 Å². The summed E-state index contributed by atoms with van der Waals surface area (Å²) >= 11 is 0. The van der Waals surface area contributed by atoms with Gasteiger partial charge in [0.05, 0.1) is 0 Å². The zero-order chi connectivity index (χ0) is 13.7. The molecule has 0 bridgehead atoms. The van der Waals surface area contributed by atoms with Crippen LogP contribution in [-0.2, 0) is 13.1 Å². The van der Waals surface area contributed by atoms with Crippen LogP contribution >= 0.6 is 0 Å². The van der Waals surface area contributed by atoms with Gasteiger partial charge in [-0.2, -0.15) is 4.90 Å². The second kappa shape index (κ2) is 6.03. The molecule has 0 fully saturated rings. The minimum Gasteiger partial charge on any atom is -0.157 e. The van der Waals surface area contributed by atoms with Crippen LogP contribution < -0.4 is 4.90 Å². The van der Waals surface area contributed by atoms with Crippen LogP contribution in [0, 0.1) is 0 Å². The molecule has 0 aliphatic rings. The molecule has 0 spiro atoms. The normalized spacial score (nSPS) is 11.8. The average molecular weight is 253 g/mol. The number of hydrogen-bond donors (Lipinski definition) is 0. The Hall–Kier alpha value is -1.60. The van der Waals surface area contributed by atoms with E-state index in [1.165, 1.54) is 11.1 Å². The Morgan fingerprint density at radius 3 is 1.37 bits per heavy atom. The Kier molecular flexibility index (Phi) is 4.39. The molecule has 2 rings (SSSR count). The van der Waals surface area contributed by atoms with Crippen molar-refractivity contribution >= 4 is 0 Å². The maximum atomic E-state index is 2.51. The monoisotopic (exact) mass is 253 g/mol. The van der Waals surface area contributed by atoms with Crippen molar-refractivity contribution in [2.24, 2.45) is 0 Å². The van der Waals surface area contributed by atoms with Crippen molar-refractivity contribution in [1.29, 1.82) is 0 Å². The van der Waals surface area contributed by atoms with Crippen molar-refractivity contribution in [2.75, 3.05) is 0 Å². The van der Waals surface area contributed by atoms with Crippen molar-refractivity contribution in [3.05, 3.63) is 71.8 Å². The third-order valence-corrected chi connectivity index (χ3v) is 3.38. The summed E-state index contributed by atoms with van der Waals surface area (Å²) in [5.41, 5.74) is 2.90. The molecule has 0 heterocycles. The zero-order valence-electron chi connectivity index (χ0n) is 12.1. The lowest BCUT2D eigenvalue weighted by molar-refractivity contribution is 0.234. The summed E-state index contributed by atoms with van der Waals surface area (Å²) in [5.74, 6) is 0. The fraction of sp³-hybridized carbons (Fsp3) is 0.333. The third-order valence-electron chi connectivity index (χ3n) is 3.38. The lowest BCUT2D eigenvalue weighted by Gasteiger charge is -2.25. The molecule has 99 valence electrons. The maximum Gasteiger partial charge on any atom is 0.149 e. The summed E-state index contributed by atoms with van der Waals surface area (Å²) in [4.78, 5) is 2.51. The largest absolute Gasteiger partial charge is 0.157 e. The van der Waals surface area contributed by atoms with E-state index >= 15 is 0 Å². The molecule has 0 aliphatic heterocycles. The van der Waals surface area contributed by atoms with Gasteiger partial charge in [0.25, 0.3) is 0 Å². The molecular weight excluding hydrogens is 230 g/mol. The fourth-order valence-corrected chi connectivity index (χ4v) is 2.14. The minimum absolute atomic E-state index is 0.158. The molecule has 0 saturated carbocycles. The van der Waals surface area contributed by atoms with Crippen LogP contribution in [0.1, 0.15) is 31.9 Å². The van der Waals surface area contributed by atoms with E-state index in [9.17, 15) is 0 Å². The van der Waals surface area contributed by atoms with Crippen LogP contribution in [0.25, 0.3) is 0 Å². The molecule has 0 N–H and O–H groups in total. The highest BCUT2D eigenvalue weighted by Crippen LogP contribution is 2.17. The molecule has 1 radical (unpaired) electrons. The molecule has 1 heteroatoms. The van der Waals surface area contributed by atoms with E-state index in [0.29, 0.717) is 0 Å². The smallest absolute Gasteiger partial charge is 0.149 e. The standard InChI is InChI=1S/C18H23N/c1-18(2,3)19(14-16-10-6-4-7-11-16)15-17-12-8-5-9-13-17/h4-13H,14-15H2,1-3H3/q+1. The molecule has 19 heavy (non-hydrogen) atoms. The van der Waals surface area contributed by atoms with Crippen molar-refractivity contribution < 1.29 is 0 Å². The molecule has 0 saturated heterocycles. The molecule has 2 aromatic carbocycles. The number of nitrogens with zero attached hydrogens (tertiary/aromatic N) is 1. The topological polar surface area (TPSA) is 5.90 Å². The number of hydrogen-bond acceptors (Lipinski definition) is 1. The Morgan fingerprint density at radius 2 is 1.05 bits per heavy atom. The lowest BCUT2D eigenvalue weighted by Crippen LogP contribution is -2.45. The van der Waals surface area contributed by atoms with E-state index < -0.39 is 0 Å². The predicted octanol–water partition coefficient (Wildman–Crippen LogP) is 4.33. The summed E-state index contributed by atoms with van der Waals surface area (Å²) in [6.07, 6.45) is 0. The first-order valence-electron chi connectivity index (χ1n) is 6.88. The van der Waals surface area contributed by atoms with E-state index in [0.717, 1.165) is 13.1 Å². The van der Waals surface area contributed by atoms with Crippen LogP contribution in [0.5, 0.6) is 0 Å². The fourth-order valence-electron chi connectivity index (χ4n) is 2.14. The molecule has 0 aliphatic carbocycles. The van der Waals surface area contributed by atoms with Gasteiger partial charge in [0.2, 0.25) is 0 Å². The van der Waals surface area contributed by atoms with E-state index in [1.807, 2.05) is 0 Å². The highest BCUT2D eigenvalue weighted by molar-refractivity contribution is 5.18. The molecule has 0 unspecified atom stereocenters. The van der Waals surface area contributed by atoms with E-state index in [2.05, 4.69) is 86.3 Å². The summed E-state index contributed by atoms with van der Waals surface area (Å²) in [7, 11) is 0. The van der Waals surface area contributed by atoms with Gasteiger partial charge in [0.1, 0.15) is 18.6 Å². The second-order valence-electron chi connectivity index (χ2n) is 6.00. The molecule has 0 amide bonds. The van der Waals surface area contributed by atoms with Gasteiger partial charge >= 0.3 is 0 Å². The molecular formula is C18H23N+. The summed E-state index contributed by atoms with van der Waals surface area (Å²) < 4.78 is 0. The second-order valence-corrected chi connectivity index (χ2v) is 6.00. The summed E-state index contributed by atoms with van der Waals surface area (Å²) in [6, 6.07) is 21.4. The van der Waals surface area contributed by atoms with Gasteiger partial charge in [-0.25, -0.2) is 0 Å². The number of rotatable bonds is 4. The first-order valence-corrected chi connectivity index (χ1v) is 6.88. The lowest BCUT2D eigenvalue weighted by atomic mass is 10.0. The Labute approximate surface area is 116 Å². The third kappa shape index (κ3) is 4.22. The minimum atomic E-state index is 0.158. The zero-order valence-corrected chi connectivity index (χ0v) is 12.1. The van der Waals surface area contributed by atoms with E-state index in [1.54, 1.807) is 0 Å². The Bertz CT molecular complexity index is 441. The van der Waals surface area contributed by atoms with Crippen LogP contribution in [0.4, 0.5) is 0 Å². The van der Waals surface area contributed by atoms with Gasteiger partial charge in [0.15, 0.2) is 0 Å². The molecule has 0 atom stereocenters. The quantitative estimate of drug-likeness (QED) is 0.716. The van der Waals surface area contributed by atoms with Crippen LogP contribution in [0.2, 0.25) is 0 Å².